The smallest absolute Gasteiger partial charge is 0.0923 e. The first-order valence-electron chi connectivity index (χ1n) is 8.18. The molecule has 6 N–H and O–H groups in total. The summed E-state index contributed by atoms with van der Waals surface area (Å²) in [6, 6.07) is 22.6. The highest BCUT2D eigenvalue weighted by Crippen LogP contribution is 2.37. The fraction of sp³-hybridized carbons (Fsp3) is 0.333. The molecule has 2 aromatic rings. The Morgan fingerprint density at radius 1 is 0.720 bits per heavy atom. The first-order valence-corrected chi connectivity index (χ1v) is 9.51. The van der Waals surface area contributed by atoms with Crippen LogP contribution in [0.15, 0.2) is 60.7 Å². The summed E-state index contributed by atoms with van der Waals surface area (Å²) in [5, 5.41) is 0. The summed E-state index contributed by atoms with van der Waals surface area (Å²) in [6.45, 7) is 0. The molecule has 0 radical (unpaired) electrons. The molecule has 0 unspecified atom stereocenters. The van der Waals surface area contributed by atoms with Crippen LogP contribution < -0.4 is 11.5 Å². The van der Waals surface area contributed by atoms with Crippen molar-refractivity contribution in [2.24, 2.45) is 0 Å². The molecule has 2 aliphatic rings. The Morgan fingerprint density at radius 2 is 0.960 bits per heavy atom. The van der Waals surface area contributed by atoms with Gasteiger partial charge in [-0.05, 0) is 11.1 Å². The first kappa shape index (κ1) is 19.6. The van der Waals surface area contributed by atoms with Gasteiger partial charge in [0, 0.05) is 35.1 Å². The minimum absolute atomic E-state index is 0.683. The average molecular weight is 364 g/mol. The zero-order chi connectivity index (χ0) is 18.4. The van der Waals surface area contributed by atoms with E-state index in [4.69, 9.17) is 17.5 Å². The van der Waals surface area contributed by atoms with Crippen LogP contribution in [0.3, 0.4) is 0 Å². The molecule has 0 bridgehead atoms. The molecule has 6 nitrogen and oxygen atoms in total. The van der Waals surface area contributed by atoms with Crippen LogP contribution in [0, 0.1) is 0 Å². The van der Waals surface area contributed by atoms with E-state index in [0.29, 0.717) is 12.1 Å². The molecule has 0 amide bonds. The Kier molecular flexibility index (Phi) is 6.69. The number of hydrogen-bond acceptors (Lipinski definition) is 4. The lowest BCUT2D eigenvalue weighted by Crippen LogP contribution is -2.53. The van der Waals surface area contributed by atoms with E-state index in [1.165, 1.54) is 24.0 Å². The lowest BCUT2D eigenvalue weighted by atomic mass is 10.1. The third-order valence-corrected chi connectivity index (χ3v) is 4.30. The van der Waals surface area contributed by atoms with Gasteiger partial charge in [-0.3, -0.25) is 8.42 Å². The molecule has 0 aromatic heterocycles. The van der Waals surface area contributed by atoms with E-state index in [2.05, 4.69) is 72.1 Å². The maximum absolute atomic E-state index is 8.52. The maximum Gasteiger partial charge on any atom is 0.0923 e. The van der Waals surface area contributed by atoms with Crippen molar-refractivity contribution in [1.82, 2.24) is 0 Å². The zero-order valence-electron chi connectivity index (χ0n) is 14.0. The molecule has 2 saturated carbocycles. The molecule has 0 heterocycles. The van der Waals surface area contributed by atoms with E-state index in [1.807, 2.05) is 0 Å². The summed E-state index contributed by atoms with van der Waals surface area (Å²) in [5.74, 6) is 1.53. The summed E-state index contributed by atoms with van der Waals surface area (Å²) < 4.78 is 34.1. The van der Waals surface area contributed by atoms with Crippen molar-refractivity contribution in [2.45, 2.75) is 36.8 Å². The topological polar surface area (TPSA) is 136 Å². The van der Waals surface area contributed by atoms with E-state index < -0.39 is 10.4 Å². The third-order valence-electron chi connectivity index (χ3n) is 4.30. The summed E-state index contributed by atoms with van der Waals surface area (Å²) in [7, 11) is -5.17. The van der Waals surface area contributed by atoms with Gasteiger partial charge in [-0.25, -0.2) is 0 Å². The minimum atomic E-state index is -5.17. The van der Waals surface area contributed by atoms with E-state index >= 15 is 0 Å². The van der Waals surface area contributed by atoms with Gasteiger partial charge >= 0.3 is 0 Å². The summed E-state index contributed by atoms with van der Waals surface area (Å²) in [5.41, 5.74) is 10.9. The second-order valence-electron chi connectivity index (χ2n) is 6.43. The molecule has 4 rings (SSSR count). The van der Waals surface area contributed by atoms with Gasteiger partial charge in [-0.1, -0.05) is 60.7 Å². The molecule has 0 saturated heterocycles. The summed E-state index contributed by atoms with van der Waals surface area (Å²) in [6.07, 6.45) is 2.56. The van der Waals surface area contributed by atoms with E-state index in [1.54, 1.807) is 0 Å². The Hall–Kier alpha value is -1.77. The molecule has 25 heavy (non-hydrogen) atoms. The molecule has 0 aliphatic heterocycles. The Morgan fingerprint density at radius 3 is 1.16 bits per heavy atom. The van der Waals surface area contributed by atoms with Crippen LogP contribution in [0.1, 0.15) is 35.8 Å². The summed E-state index contributed by atoms with van der Waals surface area (Å²) >= 11 is 0. The standard InChI is InChI=1S/2C9H11N.H2O4S/c2*10-9-6-8(9)7-4-2-1-3-5-7;1-5(2,3)4/h2*1-5,8-9H,6,10H2;(H2,1,2,3,4)/t2*8-,9+;/m10./s1. The largest absolute Gasteiger partial charge is 0.759 e. The van der Waals surface area contributed by atoms with Crippen LogP contribution in [-0.4, -0.2) is 29.6 Å². The quantitative estimate of drug-likeness (QED) is 0.582. The Balaban J connectivity index is 0.000000144. The van der Waals surface area contributed by atoms with Crippen LogP contribution in [0.5, 0.6) is 0 Å². The highest BCUT2D eigenvalue weighted by atomic mass is 32.3. The van der Waals surface area contributed by atoms with Crippen molar-refractivity contribution in [1.29, 1.82) is 0 Å². The number of hydrogen-bond donors (Lipinski definition) is 2. The molecule has 4 atom stereocenters. The van der Waals surface area contributed by atoms with Crippen molar-refractivity contribution >= 4 is 10.4 Å². The predicted octanol–water partition coefficient (Wildman–Crippen LogP) is 0.231. The maximum atomic E-state index is 8.52. The molecule has 0 spiro atoms. The average Bonchev–Trinajstić information content (AvgIpc) is 3.47. The highest BCUT2D eigenvalue weighted by molar-refractivity contribution is 7.79. The molecule has 7 heteroatoms. The van der Waals surface area contributed by atoms with Gasteiger partial charge < -0.3 is 20.6 Å². The SMILES string of the molecule is O=S(=O)([O-])[O-].[NH3+][C@@H]1C[C@H]1c1ccccc1.[NH3+][C@H]1C[C@@H]1c1ccccc1. The monoisotopic (exact) mass is 364 g/mol. The van der Waals surface area contributed by atoms with Gasteiger partial charge in [-0.15, -0.1) is 0 Å². The minimum Gasteiger partial charge on any atom is -0.759 e. The molecular formula is C18H24N2O4S. The van der Waals surface area contributed by atoms with E-state index in [-0.39, 0.29) is 0 Å². The normalized spacial score (nSPS) is 26.4. The van der Waals surface area contributed by atoms with Crippen LogP contribution in [0.25, 0.3) is 0 Å². The van der Waals surface area contributed by atoms with Gasteiger partial charge in [0.05, 0.1) is 12.1 Å². The number of quaternary nitrogens is 2. The van der Waals surface area contributed by atoms with Gasteiger partial charge in [0.25, 0.3) is 0 Å². The van der Waals surface area contributed by atoms with Crippen molar-refractivity contribution in [3.05, 3.63) is 71.8 Å². The molecular weight excluding hydrogens is 340 g/mol. The van der Waals surface area contributed by atoms with Crippen molar-refractivity contribution in [2.75, 3.05) is 0 Å². The Labute approximate surface area is 148 Å². The van der Waals surface area contributed by atoms with Gasteiger partial charge in [0.2, 0.25) is 0 Å². The molecule has 2 aromatic carbocycles. The fourth-order valence-corrected chi connectivity index (χ4v) is 2.71. The van der Waals surface area contributed by atoms with E-state index in [0.717, 1.165) is 11.8 Å². The lowest BCUT2D eigenvalue weighted by Gasteiger charge is -2.06. The zero-order valence-corrected chi connectivity index (χ0v) is 14.8. The first-order chi connectivity index (χ1) is 11.8. The van der Waals surface area contributed by atoms with Crippen LogP contribution >= 0.6 is 0 Å². The van der Waals surface area contributed by atoms with E-state index in [9.17, 15) is 0 Å². The van der Waals surface area contributed by atoms with Crippen molar-refractivity contribution in [3.63, 3.8) is 0 Å². The van der Waals surface area contributed by atoms with Gasteiger partial charge in [0.15, 0.2) is 0 Å². The van der Waals surface area contributed by atoms with Crippen molar-refractivity contribution < 1.29 is 29.0 Å². The lowest BCUT2D eigenvalue weighted by molar-refractivity contribution is -0.387. The van der Waals surface area contributed by atoms with Crippen molar-refractivity contribution in [3.8, 4) is 0 Å². The highest BCUT2D eigenvalue weighted by Gasteiger charge is 2.39. The third kappa shape index (κ3) is 7.76. The summed E-state index contributed by atoms with van der Waals surface area (Å²) in [4.78, 5) is 0. The molecule has 136 valence electrons. The second-order valence-corrected chi connectivity index (χ2v) is 7.25. The molecule has 2 fully saturated rings. The van der Waals surface area contributed by atoms with Crippen LogP contribution in [-0.2, 0) is 10.4 Å². The predicted molar refractivity (Wildman–Crippen MR) is 91.4 cm³/mol. The van der Waals surface area contributed by atoms with Crippen LogP contribution in [0.4, 0.5) is 0 Å². The molecule has 2 aliphatic carbocycles. The van der Waals surface area contributed by atoms with Gasteiger partial charge in [0.1, 0.15) is 0 Å². The number of benzene rings is 2. The van der Waals surface area contributed by atoms with Crippen LogP contribution in [0.2, 0.25) is 0 Å². The second kappa shape index (κ2) is 8.55. The number of rotatable bonds is 2. The Bertz CT molecular complexity index is 694. The van der Waals surface area contributed by atoms with Gasteiger partial charge in [-0.2, -0.15) is 0 Å². The fourth-order valence-electron chi connectivity index (χ4n) is 2.71.